The molecule has 0 saturated carbocycles. The highest BCUT2D eigenvalue weighted by Crippen LogP contribution is 2.54. The average molecular weight is 445 g/mol. The summed E-state index contributed by atoms with van der Waals surface area (Å²) >= 11 is 0. The molecular formula is C25H23N3O5. The molecule has 8 nitrogen and oxygen atoms in total. The van der Waals surface area contributed by atoms with E-state index >= 15 is 0 Å². The topological polar surface area (TPSA) is 101 Å². The zero-order valence-corrected chi connectivity index (χ0v) is 18.5. The third kappa shape index (κ3) is 3.01. The molecule has 3 heterocycles. The van der Waals surface area contributed by atoms with Gasteiger partial charge in [0.25, 0.3) is 5.69 Å². The molecule has 3 aliphatic rings. The minimum absolute atomic E-state index is 0.119. The van der Waals surface area contributed by atoms with Crippen LogP contribution in [0.15, 0.2) is 54.7 Å². The molecule has 168 valence electrons. The molecule has 8 heteroatoms. The van der Waals surface area contributed by atoms with Crippen LogP contribution >= 0.6 is 0 Å². The number of imide groups is 1. The van der Waals surface area contributed by atoms with Crippen molar-refractivity contribution in [3.8, 4) is 0 Å². The summed E-state index contributed by atoms with van der Waals surface area (Å²) in [5.74, 6) is -2.68. The van der Waals surface area contributed by atoms with Gasteiger partial charge in [-0.05, 0) is 23.3 Å². The normalized spacial score (nSPS) is 25.7. The van der Waals surface area contributed by atoms with Crippen LogP contribution in [0.4, 0.5) is 11.4 Å². The molecule has 0 radical (unpaired) electrons. The number of non-ortho nitro benzene ring substituents is 1. The second-order valence-electron chi connectivity index (χ2n) is 9.74. The van der Waals surface area contributed by atoms with E-state index in [4.69, 9.17) is 0 Å². The Morgan fingerprint density at radius 3 is 2.39 bits per heavy atom. The summed E-state index contributed by atoms with van der Waals surface area (Å²) in [7, 11) is 0. The summed E-state index contributed by atoms with van der Waals surface area (Å²) in [4.78, 5) is 54.6. The third-order valence-electron chi connectivity index (χ3n) is 6.77. The van der Waals surface area contributed by atoms with Crippen molar-refractivity contribution >= 4 is 35.0 Å². The maximum absolute atomic E-state index is 13.7. The van der Waals surface area contributed by atoms with Crippen LogP contribution in [0.1, 0.15) is 37.9 Å². The Morgan fingerprint density at radius 1 is 1.00 bits per heavy atom. The van der Waals surface area contributed by atoms with Crippen LogP contribution < -0.4 is 4.90 Å². The standard InChI is InChI=1S/C25H23N3O5/c1-25(2,3)22(29)21-19-18(20-17-10-5-4-7-14(17)11-12-26(20)21)23(30)27(24(19)31)15-8-6-9-16(13-15)28(32)33/h4-13,18-21H,1-3H3/t18-,19+,20+,21+/m0/s1. The zero-order chi connectivity index (χ0) is 23.7. The number of carbonyl (C=O) groups is 3. The quantitative estimate of drug-likeness (QED) is 0.405. The number of nitrogens with zero attached hydrogens (tertiary/aromatic N) is 3. The number of benzene rings is 2. The summed E-state index contributed by atoms with van der Waals surface area (Å²) in [6.45, 7) is 5.41. The molecule has 2 amide bonds. The Bertz CT molecular complexity index is 1240. The van der Waals surface area contributed by atoms with Crippen LogP contribution in [0.2, 0.25) is 0 Å². The number of nitro benzene ring substituents is 1. The predicted octanol–water partition coefficient (Wildman–Crippen LogP) is 3.73. The van der Waals surface area contributed by atoms with Crippen molar-refractivity contribution in [3.63, 3.8) is 0 Å². The summed E-state index contributed by atoms with van der Waals surface area (Å²) in [6, 6.07) is 11.9. The van der Waals surface area contributed by atoms with Gasteiger partial charge in [-0.15, -0.1) is 0 Å². The van der Waals surface area contributed by atoms with Crippen LogP contribution in [-0.4, -0.2) is 33.5 Å². The lowest BCUT2D eigenvalue weighted by atomic mass is 9.79. The highest BCUT2D eigenvalue weighted by atomic mass is 16.6. The number of nitro groups is 1. The third-order valence-corrected chi connectivity index (χ3v) is 6.77. The number of carbonyl (C=O) groups excluding carboxylic acids is 3. The van der Waals surface area contributed by atoms with Crippen LogP contribution in [0.5, 0.6) is 0 Å². The fraction of sp³-hybridized carbons (Fsp3) is 0.320. The first-order valence-corrected chi connectivity index (χ1v) is 10.8. The van der Waals surface area contributed by atoms with E-state index in [-0.39, 0.29) is 17.2 Å². The molecule has 0 bridgehead atoms. The van der Waals surface area contributed by atoms with Crippen molar-refractivity contribution < 1.29 is 19.3 Å². The molecule has 0 N–H and O–H groups in total. The Morgan fingerprint density at radius 2 is 1.70 bits per heavy atom. The van der Waals surface area contributed by atoms with Gasteiger partial charge in [-0.3, -0.25) is 24.5 Å². The molecule has 2 saturated heterocycles. The summed E-state index contributed by atoms with van der Waals surface area (Å²) < 4.78 is 0. The van der Waals surface area contributed by atoms with E-state index in [0.717, 1.165) is 16.0 Å². The number of anilines is 1. The maximum Gasteiger partial charge on any atom is 0.271 e. The number of hydrogen-bond acceptors (Lipinski definition) is 6. The molecule has 5 rings (SSSR count). The molecular weight excluding hydrogens is 422 g/mol. The number of hydrogen-bond donors (Lipinski definition) is 0. The molecule has 4 atom stereocenters. The van der Waals surface area contributed by atoms with E-state index < -0.39 is 46.1 Å². The number of rotatable bonds is 3. The maximum atomic E-state index is 13.7. The van der Waals surface area contributed by atoms with Crippen molar-refractivity contribution in [3.05, 3.63) is 76.0 Å². The zero-order valence-electron chi connectivity index (χ0n) is 18.5. The summed E-state index contributed by atoms with van der Waals surface area (Å²) in [5.41, 5.74) is 1.05. The van der Waals surface area contributed by atoms with Crippen molar-refractivity contribution in [2.75, 3.05) is 4.90 Å². The van der Waals surface area contributed by atoms with Gasteiger partial charge in [0.2, 0.25) is 11.8 Å². The molecule has 2 aromatic carbocycles. The minimum Gasteiger partial charge on any atom is -0.359 e. The van der Waals surface area contributed by atoms with Gasteiger partial charge in [-0.25, -0.2) is 4.90 Å². The Hall–Kier alpha value is -3.81. The van der Waals surface area contributed by atoms with Gasteiger partial charge < -0.3 is 4.90 Å². The van der Waals surface area contributed by atoms with Crippen LogP contribution in [0.25, 0.3) is 6.08 Å². The van der Waals surface area contributed by atoms with Crippen molar-refractivity contribution in [2.45, 2.75) is 32.9 Å². The SMILES string of the molecule is CC(C)(C)C(=O)[C@H]1[C@@H]2C(=O)N(c3cccc([N+](=O)[O-])c3)C(=O)[C@@H]2[C@H]2c3ccccc3C=CN21. The number of amides is 2. The molecule has 2 fully saturated rings. The van der Waals surface area contributed by atoms with E-state index in [2.05, 4.69) is 0 Å². The largest absolute Gasteiger partial charge is 0.359 e. The van der Waals surface area contributed by atoms with Crippen LogP contribution in [-0.2, 0) is 14.4 Å². The van der Waals surface area contributed by atoms with Crippen molar-refractivity contribution in [1.29, 1.82) is 0 Å². The van der Waals surface area contributed by atoms with E-state index in [1.807, 2.05) is 41.4 Å². The Kier molecular flexibility index (Phi) is 4.53. The number of Topliss-reactive ketones (excluding diaryl/α,β-unsaturated/α-hetero) is 1. The average Bonchev–Trinajstić information content (AvgIpc) is 3.25. The molecule has 0 aliphatic carbocycles. The fourth-order valence-electron chi connectivity index (χ4n) is 5.30. The summed E-state index contributed by atoms with van der Waals surface area (Å²) in [5, 5.41) is 11.3. The molecule has 3 aliphatic heterocycles. The number of fused-ring (bicyclic) bond motifs is 5. The van der Waals surface area contributed by atoms with Gasteiger partial charge in [-0.1, -0.05) is 51.1 Å². The lowest BCUT2D eigenvalue weighted by Gasteiger charge is -2.37. The first-order chi connectivity index (χ1) is 15.6. The van der Waals surface area contributed by atoms with Gasteiger partial charge in [-0.2, -0.15) is 0 Å². The van der Waals surface area contributed by atoms with Gasteiger partial charge in [0.15, 0.2) is 5.78 Å². The molecule has 0 unspecified atom stereocenters. The second-order valence-corrected chi connectivity index (χ2v) is 9.74. The van der Waals surface area contributed by atoms with Crippen molar-refractivity contribution in [1.82, 2.24) is 4.90 Å². The van der Waals surface area contributed by atoms with E-state index in [0.29, 0.717) is 0 Å². The molecule has 0 aromatic heterocycles. The lowest BCUT2D eigenvalue weighted by molar-refractivity contribution is -0.384. The van der Waals surface area contributed by atoms with Gasteiger partial charge in [0, 0.05) is 23.7 Å². The van der Waals surface area contributed by atoms with E-state index in [1.54, 1.807) is 20.8 Å². The van der Waals surface area contributed by atoms with Gasteiger partial charge in [0.1, 0.15) is 6.04 Å². The Balaban J connectivity index is 1.66. The highest BCUT2D eigenvalue weighted by Gasteiger charge is 2.65. The first-order valence-electron chi connectivity index (χ1n) is 10.8. The fourth-order valence-corrected chi connectivity index (χ4v) is 5.30. The number of ketones is 1. The monoisotopic (exact) mass is 445 g/mol. The smallest absolute Gasteiger partial charge is 0.271 e. The predicted molar refractivity (Wildman–Crippen MR) is 121 cm³/mol. The first kappa shape index (κ1) is 21.1. The lowest BCUT2D eigenvalue weighted by Crippen LogP contribution is -2.47. The molecule has 33 heavy (non-hydrogen) atoms. The minimum atomic E-state index is -0.871. The molecule has 2 aromatic rings. The van der Waals surface area contributed by atoms with Crippen LogP contribution in [0, 0.1) is 27.4 Å². The van der Waals surface area contributed by atoms with Gasteiger partial charge in [0.05, 0.1) is 28.5 Å². The summed E-state index contributed by atoms with van der Waals surface area (Å²) in [6.07, 6.45) is 3.72. The van der Waals surface area contributed by atoms with Crippen molar-refractivity contribution in [2.24, 2.45) is 17.3 Å². The van der Waals surface area contributed by atoms with E-state index in [9.17, 15) is 24.5 Å². The van der Waals surface area contributed by atoms with Gasteiger partial charge >= 0.3 is 0 Å². The second kappa shape index (κ2) is 7.10. The van der Waals surface area contributed by atoms with Crippen LogP contribution in [0.3, 0.4) is 0 Å². The Labute approximate surface area is 190 Å². The highest BCUT2D eigenvalue weighted by molar-refractivity contribution is 6.24. The van der Waals surface area contributed by atoms with E-state index in [1.165, 1.54) is 24.3 Å². The molecule has 0 spiro atoms.